The van der Waals surface area contributed by atoms with E-state index in [1.165, 1.54) is 11.0 Å². The molecule has 3 N–H and O–H groups in total. The molecule has 0 bridgehead atoms. The molecule has 8 nitrogen and oxygen atoms in total. The van der Waals surface area contributed by atoms with E-state index in [0.29, 0.717) is 23.4 Å². The number of carbonyl (C=O) groups excluding carboxylic acids is 1. The van der Waals surface area contributed by atoms with E-state index in [1.807, 2.05) is 0 Å². The van der Waals surface area contributed by atoms with Gasteiger partial charge >= 0.3 is 6.61 Å². The van der Waals surface area contributed by atoms with Crippen molar-refractivity contribution in [3.8, 4) is 28.8 Å². The van der Waals surface area contributed by atoms with Crippen molar-refractivity contribution in [3.05, 3.63) is 42.2 Å². The number of rotatable bonds is 3. The number of hydrogen-bond donors (Lipinski definition) is 2. The van der Waals surface area contributed by atoms with E-state index in [9.17, 15) is 18.7 Å². The minimum atomic E-state index is -3.06. The molecule has 3 aromatic rings. The minimum Gasteiger partial charge on any atom is -0.432 e. The smallest absolute Gasteiger partial charge is 0.387 e. The van der Waals surface area contributed by atoms with E-state index in [-0.39, 0.29) is 29.0 Å². The molecular formula is C21H17F2N5O3. The molecule has 0 spiro atoms. The summed E-state index contributed by atoms with van der Waals surface area (Å²) in [5.74, 6) is 4.84. The van der Waals surface area contributed by atoms with Crippen LogP contribution in [-0.2, 0) is 4.79 Å². The molecule has 1 amide bonds. The molecule has 158 valence electrons. The molecule has 2 aromatic heterocycles. The van der Waals surface area contributed by atoms with Gasteiger partial charge in [-0.05, 0) is 12.1 Å². The number of halogens is 2. The zero-order valence-electron chi connectivity index (χ0n) is 16.3. The highest BCUT2D eigenvalue weighted by molar-refractivity contribution is 5.91. The highest BCUT2D eigenvalue weighted by Crippen LogP contribution is 2.31. The number of ether oxygens (including phenoxy) is 1. The molecule has 31 heavy (non-hydrogen) atoms. The number of aromatic nitrogens is 3. The Morgan fingerprint density at radius 3 is 2.81 bits per heavy atom. The van der Waals surface area contributed by atoms with E-state index in [4.69, 9.17) is 5.73 Å². The molecule has 0 aliphatic carbocycles. The van der Waals surface area contributed by atoms with Crippen molar-refractivity contribution >= 4 is 22.8 Å². The molecule has 0 saturated carbocycles. The maximum atomic E-state index is 12.9. The quantitative estimate of drug-likeness (QED) is 0.615. The van der Waals surface area contributed by atoms with Crippen LogP contribution in [0.5, 0.6) is 5.75 Å². The Labute approximate surface area is 175 Å². The van der Waals surface area contributed by atoms with Gasteiger partial charge in [-0.2, -0.15) is 8.78 Å². The fraction of sp³-hybridized carbons (Fsp3) is 0.238. The van der Waals surface area contributed by atoms with E-state index in [0.717, 1.165) is 6.33 Å². The van der Waals surface area contributed by atoms with Gasteiger partial charge in [-0.3, -0.25) is 4.79 Å². The summed E-state index contributed by atoms with van der Waals surface area (Å²) < 4.78 is 30.4. The van der Waals surface area contributed by atoms with Gasteiger partial charge in [0.2, 0.25) is 5.60 Å². The number of fused-ring (bicyclic) bond motifs is 1. The highest BCUT2D eigenvalue weighted by Gasteiger charge is 2.42. The Morgan fingerprint density at radius 1 is 1.29 bits per heavy atom. The molecule has 1 aromatic carbocycles. The molecule has 1 fully saturated rings. The Hall–Kier alpha value is -3.84. The van der Waals surface area contributed by atoms with Crippen LogP contribution in [0, 0.1) is 11.8 Å². The Bertz CT molecular complexity index is 1240. The normalized spacial score (nSPS) is 18.4. The molecular weight excluding hydrogens is 408 g/mol. The summed E-state index contributed by atoms with van der Waals surface area (Å²) in [5, 5.41) is 10.5. The van der Waals surface area contributed by atoms with Crippen LogP contribution in [0.25, 0.3) is 22.3 Å². The lowest BCUT2D eigenvalue weighted by atomic mass is 10.0. The third-order valence-corrected chi connectivity index (χ3v) is 4.88. The number of nitrogens with zero attached hydrogens (tertiary/aromatic N) is 4. The zero-order chi connectivity index (χ0) is 22.2. The summed E-state index contributed by atoms with van der Waals surface area (Å²) in [6.07, 6.45) is 1.36. The van der Waals surface area contributed by atoms with Crippen molar-refractivity contribution in [2.24, 2.45) is 0 Å². The number of hydrogen-bond acceptors (Lipinski definition) is 7. The van der Waals surface area contributed by atoms with Crippen molar-refractivity contribution in [1.29, 1.82) is 0 Å². The number of amides is 1. The van der Waals surface area contributed by atoms with Crippen LogP contribution >= 0.6 is 0 Å². The van der Waals surface area contributed by atoms with E-state index in [2.05, 4.69) is 31.5 Å². The summed E-state index contributed by atoms with van der Waals surface area (Å²) in [6.45, 7) is -2.64. The van der Waals surface area contributed by atoms with Crippen LogP contribution in [0.15, 0.2) is 36.7 Å². The van der Waals surface area contributed by atoms with Crippen molar-refractivity contribution in [3.63, 3.8) is 0 Å². The van der Waals surface area contributed by atoms with Crippen LogP contribution in [0.3, 0.4) is 0 Å². The monoisotopic (exact) mass is 425 g/mol. The zero-order valence-corrected chi connectivity index (χ0v) is 16.3. The number of nitrogen functional groups attached to an aromatic ring is 1. The maximum absolute atomic E-state index is 12.9. The largest absolute Gasteiger partial charge is 0.432 e. The van der Waals surface area contributed by atoms with Crippen molar-refractivity contribution < 1.29 is 23.4 Å². The van der Waals surface area contributed by atoms with Gasteiger partial charge in [-0.25, -0.2) is 15.0 Å². The van der Waals surface area contributed by atoms with Crippen LogP contribution in [0.1, 0.15) is 12.0 Å². The summed E-state index contributed by atoms with van der Waals surface area (Å²) >= 11 is 0. The highest BCUT2D eigenvalue weighted by atomic mass is 19.3. The van der Waals surface area contributed by atoms with E-state index in [1.54, 1.807) is 31.3 Å². The number of nitrogens with two attached hydrogens (primary N) is 1. The summed E-state index contributed by atoms with van der Waals surface area (Å²) in [4.78, 5) is 25.7. The molecule has 0 unspecified atom stereocenters. The molecule has 10 heteroatoms. The minimum absolute atomic E-state index is 0.0213. The molecule has 1 saturated heterocycles. The van der Waals surface area contributed by atoms with Gasteiger partial charge in [0.05, 0.1) is 5.69 Å². The SMILES string of the molecule is CN1CC[C@@](O)(C#Cc2cccc(-c3cc(OC(F)F)c4ncnc(N)c4n3)c2)C1=O. The summed E-state index contributed by atoms with van der Waals surface area (Å²) in [6, 6.07) is 8.07. The molecule has 1 aliphatic heterocycles. The van der Waals surface area contributed by atoms with Gasteiger partial charge in [0.15, 0.2) is 11.6 Å². The topological polar surface area (TPSA) is 114 Å². The third kappa shape index (κ3) is 3.95. The van der Waals surface area contributed by atoms with Gasteiger partial charge in [-0.1, -0.05) is 24.0 Å². The molecule has 1 aliphatic rings. The van der Waals surface area contributed by atoms with Crippen molar-refractivity contribution in [2.45, 2.75) is 18.6 Å². The van der Waals surface area contributed by atoms with Gasteiger partial charge < -0.3 is 20.5 Å². The third-order valence-electron chi connectivity index (χ3n) is 4.88. The van der Waals surface area contributed by atoms with Crippen molar-refractivity contribution in [1.82, 2.24) is 19.9 Å². The van der Waals surface area contributed by atoms with Crippen LogP contribution < -0.4 is 10.5 Å². The second-order valence-corrected chi connectivity index (χ2v) is 7.01. The fourth-order valence-electron chi connectivity index (χ4n) is 3.26. The lowest BCUT2D eigenvalue weighted by Crippen LogP contribution is -2.37. The van der Waals surface area contributed by atoms with Crippen molar-refractivity contribution in [2.75, 3.05) is 19.3 Å². The fourth-order valence-corrected chi connectivity index (χ4v) is 3.26. The molecule has 1 atom stereocenters. The standard InChI is InChI=1S/C21H17F2N5O3/c1-28-8-7-21(30,19(28)29)6-5-12-3-2-4-13(9-12)14-10-15(31-20(22)23)16-17(27-14)18(24)26-11-25-16/h2-4,9-11,20,30H,7-8H2,1H3,(H2,24,25,26)/t21-/m0/s1. The second-order valence-electron chi connectivity index (χ2n) is 7.01. The average Bonchev–Trinajstić information content (AvgIpc) is 3.00. The number of benzene rings is 1. The lowest BCUT2D eigenvalue weighted by molar-refractivity contribution is -0.137. The van der Waals surface area contributed by atoms with E-state index >= 15 is 0 Å². The Balaban J connectivity index is 1.76. The van der Waals surface area contributed by atoms with Crippen LogP contribution in [-0.4, -0.2) is 56.7 Å². The number of aliphatic hydroxyl groups is 1. The predicted molar refractivity (Wildman–Crippen MR) is 108 cm³/mol. The summed E-state index contributed by atoms with van der Waals surface area (Å²) in [5.41, 5.74) is 5.65. The number of alkyl halides is 2. The molecule has 0 radical (unpaired) electrons. The Morgan fingerprint density at radius 2 is 2.10 bits per heavy atom. The van der Waals surface area contributed by atoms with Gasteiger partial charge in [-0.15, -0.1) is 0 Å². The van der Waals surface area contributed by atoms with Gasteiger partial charge in [0.1, 0.15) is 17.4 Å². The first-order valence-electron chi connectivity index (χ1n) is 9.24. The van der Waals surface area contributed by atoms with Crippen LogP contribution in [0.2, 0.25) is 0 Å². The first-order valence-corrected chi connectivity index (χ1v) is 9.24. The molecule has 4 rings (SSSR count). The number of likely N-dealkylation sites (tertiary alicyclic amines) is 1. The summed E-state index contributed by atoms with van der Waals surface area (Å²) in [7, 11) is 1.60. The number of anilines is 1. The number of likely N-dealkylation sites (N-methyl/N-ethyl adjacent to an activating group) is 1. The average molecular weight is 425 g/mol. The maximum Gasteiger partial charge on any atom is 0.387 e. The second kappa shape index (κ2) is 7.77. The Kier molecular flexibility index (Phi) is 5.12. The van der Waals surface area contributed by atoms with Gasteiger partial charge in [0.25, 0.3) is 5.91 Å². The molecule has 3 heterocycles. The lowest BCUT2D eigenvalue weighted by Gasteiger charge is -2.13. The number of pyridine rings is 1. The first kappa shape index (κ1) is 20.4. The predicted octanol–water partition coefficient (Wildman–Crippen LogP) is 1.82. The van der Waals surface area contributed by atoms with Crippen LogP contribution in [0.4, 0.5) is 14.6 Å². The van der Waals surface area contributed by atoms with Gasteiger partial charge in [0, 0.05) is 37.2 Å². The van der Waals surface area contributed by atoms with E-state index < -0.39 is 18.1 Å². The first-order chi connectivity index (χ1) is 14.8. The number of carbonyl (C=O) groups is 1.